The molecule has 1 aromatic carbocycles. The van der Waals surface area contributed by atoms with Crippen LogP contribution in [0.4, 0.5) is 0 Å². The lowest BCUT2D eigenvalue weighted by atomic mass is 10.0. The van der Waals surface area contributed by atoms with Crippen molar-refractivity contribution in [3.8, 4) is 0 Å². The van der Waals surface area contributed by atoms with Crippen LogP contribution in [0.5, 0.6) is 0 Å². The molecule has 1 unspecified atom stereocenters. The van der Waals surface area contributed by atoms with E-state index in [1.807, 2.05) is 26.0 Å². The third kappa shape index (κ3) is 5.08. The van der Waals surface area contributed by atoms with Crippen molar-refractivity contribution >= 4 is 27.6 Å². The molecule has 1 N–H and O–H groups in total. The Labute approximate surface area is 182 Å². The van der Waals surface area contributed by atoms with Crippen molar-refractivity contribution in [1.29, 1.82) is 0 Å². The zero-order valence-corrected chi connectivity index (χ0v) is 19.1. The Morgan fingerprint density at radius 3 is 2.60 bits per heavy atom. The number of carboxylic acid groups (broad SMARTS) is 1. The average Bonchev–Trinajstić information content (AvgIpc) is 2.70. The third-order valence-electron chi connectivity index (χ3n) is 5.18. The highest BCUT2D eigenvalue weighted by atomic mass is 32.2. The number of thioether (sulfide) groups is 1. The van der Waals surface area contributed by atoms with Crippen LogP contribution in [0.2, 0.25) is 0 Å². The molecule has 0 radical (unpaired) electrons. The highest BCUT2D eigenvalue weighted by Crippen LogP contribution is 2.37. The normalized spacial score (nSPS) is 21.0. The maximum atomic E-state index is 12.1. The molecule has 0 spiro atoms. The Bertz CT molecular complexity index is 965. The van der Waals surface area contributed by atoms with Crippen LogP contribution in [0.3, 0.4) is 0 Å². The molecule has 2 aliphatic rings. The lowest BCUT2D eigenvalue weighted by Gasteiger charge is -2.44. The van der Waals surface area contributed by atoms with E-state index in [-0.39, 0.29) is 11.1 Å². The van der Waals surface area contributed by atoms with Crippen molar-refractivity contribution < 1.29 is 23.1 Å². The minimum absolute atomic E-state index is 0.118. The van der Waals surface area contributed by atoms with Crippen LogP contribution in [0.1, 0.15) is 19.4 Å². The number of carboxylic acids is 1. The molecule has 30 heavy (non-hydrogen) atoms. The first kappa shape index (κ1) is 22.9. The molecule has 0 bridgehead atoms. The first-order valence-electron chi connectivity index (χ1n) is 9.89. The zero-order valence-electron chi connectivity index (χ0n) is 17.5. The van der Waals surface area contributed by atoms with Gasteiger partial charge in [-0.15, -0.1) is 11.8 Å². The lowest BCUT2D eigenvalue weighted by Crippen LogP contribution is -2.52. The van der Waals surface area contributed by atoms with Gasteiger partial charge in [-0.1, -0.05) is 19.1 Å². The molecular formula is C21H28N2O5S2. The van der Waals surface area contributed by atoms with Gasteiger partial charge in [-0.3, -0.25) is 4.90 Å². The van der Waals surface area contributed by atoms with Crippen molar-refractivity contribution in [3.63, 3.8) is 0 Å². The fourth-order valence-electron chi connectivity index (χ4n) is 3.76. The fraction of sp³-hybridized carbons (Fsp3) is 0.476. The SMILES string of the molecule is CCSC1=C(C(=O)O)C(C)=CC(N2CCOCC2)N1Cc1cccc(S(C)(=O)=O)c1. The second-order valence-electron chi connectivity index (χ2n) is 7.38. The third-order valence-corrected chi connectivity index (χ3v) is 7.29. The number of nitrogens with zero attached hydrogens (tertiary/aromatic N) is 2. The molecule has 7 nitrogen and oxygen atoms in total. The van der Waals surface area contributed by atoms with Crippen molar-refractivity contribution in [3.05, 3.63) is 52.1 Å². The summed E-state index contributed by atoms with van der Waals surface area (Å²) in [5.41, 5.74) is 1.88. The summed E-state index contributed by atoms with van der Waals surface area (Å²) in [6, 6.07) is 6.87. The van der Waals surface area contributed by atoms with Gasteiger partial charge in [-0.25, -0.2) is 13.2 Å². The first-order valence-corrected chi connectivity index (χ1v) is 12.8. The number of morpholine rings is 1. The lowest BCUT2D eigenvalue weighted by molar-refractivity contribution is -0.132. The van der Waals surface area contributed by atoms with Crippen LogP contribution in [0.25, 0.3) is 0 Å². The van der Waals surface area contributed by atoms with Crippen molar-refractivity contribution in [1.82, 2.24) is 9.80 Å². The maximum absolute atomic E-state index is 12.1. The predicted octanol–water partition coefficient (Wildman–Crippen LogP) is 2.56. The molecule has 1 atom stereocenters. The van der Waals surface area contributed by atoms with Crippen LogP contribution in [-0.2, 0) is 25.9 Å². The van der Waals surface area contributed by atoms with Gasteiger partial charge >= 0.3 is 5.97 Å². The number of rotatable bonds is 7. The fourth-order valence-corrected chi connectivity index (χ4v) is 5.46. The average molecular weight is 453 g/mol. The Morgan fingerprint density at radius 2 is 2.00 bits per heavy atom. The van der Waals surface area contributed by atoms with Gasteiger partial charge in [0.15, 0.2) is 9.84 Å². The summed E-state index contributed by atoms with van der Waals surface area (Å²) in [5, 5.41) is 10.6. The van der Waals surface area contributed by atoms with Gasteiger partial charge in [0.25, 0.3) is 0 Å². The Kier molecular flexibility index (Phi) is 7.28. The summed E-state index contributed by atoms with van der Waals surface area (Å²) in [6.45, 7) is 7.01. The van der Waals surface area contributed by atoms with Gasteiger partial charge in [0, 0.05) is 25.9 Å². The highest BCUT2D eigenvalue weighted by molar-refractivity contribution is 8.03. The summed E-state index contributed by atoms with van der Waals surface area (Å²) < 4.78 is 29.5. The predicted molar refractivity (Wildman–Crippen MR) is 118 cm³/mol. The summed E-state index contributed by atoms with van der Waals surface area (Å²) in [4.78, 5) is 16.7. The first-order chi connectivity index (χ1) is 14.2. The molecule has 1 aromatic rings. The summed E-state index contributed by atoms with van der Waals surface area (Å²) in [7, 11) is -3.33. The van der Waals surface area contributed by atoms with E-state index in [4.69, 9.17) is 4.74 Å². The number of hydrogen-bond donors (Lipinski definition) is 1. The van der Waals surface area contributed by atoms with E-state index >= 15 is 0 Å². The summed E-state index contributed by atoms with van der Waals surface area (Å²) >= 11 is 1.50. The zero-order chi connectivity index (χ0) is 21.9. The van der Waals surface area contributed by atoms with Gasteiger partial charge < -0.3 is 14.7 Å². The standard InChI is InChI=1S/C21H28N2O5S2/c1-4-29-20-19(21(24)25)15(2)12-18(22-8-10-28-11-9-22)23(20)14-16-6-5-7-17(13-16)30(3,26)27/h5-7,12-13,18H,4,8-11,14H2,1-3H3,(H,24,25). The quantitative estimate of drug-likeness (QED) is 0.676. The van der Waals surface area contributed by atoms with E-state index in [0.29, 0.717) is 30.4 Å². The Balaban J connectivity index is 2.05. The van der Waals surface area contributed by atoms with Crippen LogP contribution in [0.15, 0.2) is 51.4 Å². The molecule has 1 fully saturated rings. The van der Waals surface area contributed by atoms with Crippen molar-refractivity contribution in [2.45, 2.75) is 31.5 Å². The van der Waals surface area contributed by atoms with Crippen LogP contribution in [-0.4, -0.2) is 73.8 Å². The molecule has 2 heterocycles. The molecule has 2 aliphatic heterocycles. The second kappa shape index (κ2) is 9.55. The molecule has 9 heteroatoms. The number of aliphatic carboxylic acids is 1. The number of ether oxygens (including phenoxy) is 1. The molecule has 0 aliphatic carbocycles. The van der Waals surface area contributed by atoms with Gasteiger partial charge in [0.2, 0.25) is 0 Å². The molecule has 0 saturated carbocycles. The smallest absolute Gasteiger partial charge is 0.338 e. The second-order valence-corrected chi connectivity index (χ2v) is 10.6. The number of hydrogen-bond acceptors (Lipinski definition) is 7. The van der Waals surface area contributed by atoms with Crippen LogP contribution >= 0.6 is 11.8 Å². The van der Waals surface area contributed by atoms with E-state index in [2.05, 4.69) is 9.80 Å². The van der Waals surface area contributed by atoms with Crippen LogP contribution < -0.4 is 0 Å². The molecule has 0 aromatic heterocycles. The van der Waals surface area contributed by atoms with Gasteiger partial charge in [-0.05, 0) is 42.0 Å². The van der Waals surface area contributed by atoms with E-state index in [1.165, 1.54) is 18.0 Å². The van der Waals surface area contributed by atoms with E-state index < -0.39 is 15.8 Å². The van der Waals surface area contributed by atoms with Crippen molar-refractivity contribution in [2.24, 2.45) is 0 Å². The largest absolute Gasteiger partial charge is 0.478 e. The Hall–Kier alpha value is -1.81. The van der Waals surface area contributed by atoms with E-state index in [1.54, 1.807) is 18.2 Å². The maximum Gasteiger partial charge on any atom is 0.338 e. The molecular weight excluding hydrogens is 424 g/mol. The van der Waals surface area contributed by atoms with Gasteiger partial charge in [0.1, 0.15) is 6.17 Å². The summed E-state index contributed by atoms with van der Waals surface area (Å²) in [5.74, 6) is -0.218. The summed E-state index contributed by atoms with van der Waals surface area (Å²) in [6.07, 6.45) is 3.07. The number of carbonyl (C=O) groups is 1. The molecule has 1 saturated heterocycles. The molecule has 164 valence electrons. The van der Waals surface area contributed by atoms with Gasteiger partial charge in [-0.2, -0.15) is 0 Å². The highest BCUT2D eigenvalue weighted by Gasteiger charge is 2.34. The monoisotopic (exact) mass is 452 g/mol. The number of sulfone groups is 1. The topological polar surface area (TPSA) is 87.2 Å². The van der Waals surface area contributed by atoms with Gasteiger partial charge in [0.05, 0.1) is 28.7 Å². The molecule has 3 rings (SSSR count). The number of benzene rings is 1. The van der Waals surface area contributed by atoms with E-state index in [0.717, 1.165) is 30.0 Å². The minimum Gasteiger partial charge on any atom is -0.478 e. The Morgan fingerprint density at radius 1 is 1.30 bits per heavy atom. The van der Waals surface area contributed by atoms with Crippen molar-refractivity contribution in [2.75, 3.05) is 38.3 Å². The molecule has 0 amide bonds. The van der Waals surface area contributed by atoms with E-state index in [9.17, 15) is 18.3 Å². The minimum atomic E-state index is -3.33. The van der Waals surface area contributed by atoms with Crippen LogP contribution in [0, 0.1) is 0 Å².